The van der Waals surface area contributed by atoms with Crippen LogP contribution < -0.4 is 9.47 Å². The number of likely N-dealkylation sites (tertiary alicyclic amines) is 1. The zero-order chi connectivity index (χ0) is 21.2. The van der Waals surface area contributed by atoms with Gasteiger partial charge in [-0.1, -0.05) is 11.2 Å². The lowest BCUT2D eigenvalue weighted by Gasteiger charge is -2.30. The molecule has 30 heavy (non-hydrogen) atoms. The zero-order valence-corrected chi connectivity index (χ0v) is 17.7. The van der Waals surface area contributed by atoms with Gasteiger partial charge in [0.2, 0.25) is 11.8 Å². The first kappa shape index (κ1) is 19.4. The Morgan fingerprint density at radius 2 is 1.83 bits per heavy atom. The van der Waals surface area contributed by atoms with E-state index < -0.39 is 0 Å². The molecule has 160 valence electrons. The van der Waals surface area contributed by atoms with Crippen molar-refractivity contribution in [3.05, 3.63) is 23.8 Å². The first-order valence-corrected chi connectivity index (χ1v) is 10.4. The van der Waals surface area contributed by atoms with Gasteiger partial charge in [-0.2, -0.15) is 0 Å². The molecule has 0 N–H and O–H groups in total. The van der Waals surface area contributed by atoms with E-state index in [1.165, 1.54) is 4.90 Å². The van der Waals surface area contributed by atoms with Gasteiger partial charge in [0.15, 0.2) is 11.5 Å². The van der Waals surface area contributed by atoms with E-state index in [-0.39, 0.29) is 47.5 Å². The second kappa shape index (κ2) is 6.97. The molecule has 2 aliphatic heterocycles. The van der Waals surface area contributed by atoms with E-state index in [0.29, 0.717) is 24.6 Å². The molecule has 2 amide bonds. The maximum Gasteiger partial charge on any atom is 0.233 e. The van der Waals surface area contributed by atoms with Crippen LogP contribution in [-0.2, 0) is 14.4 Å². The second-order valence-electron chi connectivity index (χ2n) is 8.86. The molecule has 1 aromatic carbocycles. The van der Waals surface area contributed by atoms with Crippen molar-refractivity contribution >= 4 is 17.5 Å². The number of hydrogen-bond donors (Lipinski definition) is 0. The third kappa shape index (κ3) is 2.52. The lowest BCUT2D eigenvalue weighted by molar-refractivity contribution is -0.141. The SMILES string of the molecule is COc1cccc(C2=NO[C@@H]3[C@H]4C[C@@H]([C@H]23)[C@@H]2C(=O)N(CCN(C)C)C(=O)[C@@H]42)c1OC. The highest BCUT2D eigenvalue weighted by atomic mass is 16.6. The predicted molar refractivity (Wildman–Crippen MR) is 108 cm³/mol. The van der Waals surface area contributed by atoms with Crippen molar-refractivity contribution < 1.29 is 23.9 Å². The summed E-state index contributed by atoms with van der Waals surface area (Å²) in [6.45, 7) is 1.11. The van der Waals surface area contributed by atoms with Crippen molar-refractivity contribution in [3.8, 4) is 11.5 Å². The third-order valence-corrected chi connectivity index (χ3v) is 7.23. The number of likely N-dealkylation sites (N-methyl/N-ethyl adjacent to an activating group) is 1. The minimum absolute atomic E-state index is 0.0113. The Morgan fingerprint density at radius 3 is 2.50 bits per heavy atom. The van der Waals surface area contributed by atoms with Gasteiger partial charge in [-0.15, -0.1) is 0 Å². The zero-order valence-electron chi connectivity index (χ0n) is 17.7. The number of carbonyl (C=O) groups is 2. The number of imide groups is 1. The molecule has 2 aliphatic carbocycles. The first-order chi connectivity index (χ1) is 14.5. The molecule has 6 atom stereocenters. The summed E-state index contributed by atoms with van der Waals surface area (Å²) in [6, 6.07) is 5.69. The highest BCUT2D eigenvalue weighted by Crippen LogP contribution is 2.62. The van der Waals surface area contributed by atoms with Gasteiger partial charge >= 0.3 is 0 Å². The first-order valence-electron chi connectivity index (χ1n) is 10.4. The summed E-state index contributed by atoms with van der Waals surface area (Å²) in [6.07, 6.45) is 0.669. The summed E-state index contributed by atoms with van der Waals surface area (Å²) in [5, 5.41) is 4.41. The van der Waals surface area contributed by atoms with E-state index in [2.05, 4.69) is 5.16 Å². The van der Waals surface area contributed by atoms with Crippen molar-refractivity contribution in [2.24, 2.45) is 34.7 Å². The average Bonchev–Trinajstić information content (AvgIpc) is 3.46. The Hall–Kier alpha value is -2.61. The molecule has 0 spiro atoms. The number of amides is 2. The van der Waals surface area contributed by atoms with E-state index in [0.717, 1.165) is 17.7 Å². The molecule has 2 saturated carbocycles. The van der Waals surface area contributed by atoms with Gasteiger partial charge in [-0.3, -0.25) is 14.5 Å². The molecule has 0 aromatic heterocycles. The maximum absolute atomic E-state index is 13.2. The minimum atomic E-state index is -0.271. The van der Waals surface area contributed by atoms with E-state index in [4.69, 9.17) is 14.3 Å². The van der Waals surface area contributed by atoms with Gasteiger partial charge < -0.3 is 19.2 Å². The largest absolute Gasteiger partial charge is 0.493 e. The molecular weight excluding hydrogens is 386 g/mol. The molecule has 1 aromatic rings. The summed E-state index contributed by atoms with van der Waals surface area (Å²) in [4.78, 5) is 35.6. The lowest BCUT2D eigenvalue weighted by atomic mass is 9.71. The van der Waals surface area contributed by atoms with Gasteiger partial charge in [0.25, 0.3) is 0 Å². The van der Waals surface area contributed by atoms with Crippen LogP contribution >= 0.6 is 0 Å². The van der Waals surface area contributed by atoms with Crippen LogP contribution in [0.15, 0.2) is 23.4 Å². The van der Waals surface area contributed by atoms with Gasteiger partial charge in [0.05, 0.1) is 31.8 Å². The van der Waals surface area contributed by atoms with Gasteiger partial charge in [-0.25, -0.2) is 0 Å². The summed E-state index contributed by atoms with van der Waals surface area (Å²) < 4.78 is 11.0. The third-order valence-electron chi connectivity index (χ3n) is 7.23. The number of carbonyl (C=O) groups excluding carboxylic acids is 2. The Balaban J connectivity index is 1.46. The minimum Gasteiger partial charge on any atom is -0.493 e. The van der Waals surface area contributed by atoms with Crippen LogP contribution in [0.1, 0.15) is 12.0 Å². The quantitative estimate of drug-likeness (QED) is 0.653. The number of ether oxygens (including phenoxy) is 2. The standard InChI is InChI=1S/C22H27N3O5/c1-24(2)8-9-25-21(26)15-12-10-13(16(15)22(25)27)20-17(12)18(23-30-20)11-6-5-7-14(28-3)19(11)29-4/h5-7,12-13,15-17,20H,8-10H2,1-4H3/t12-,13+,15+,16+,17-,20-/m1/s1. The molecule has 1 saturated heterocycles. The Bertz CT molecular complexity index is 929. The summed E-state index contributed by atoms with van der Waals surface area (Å²) in [7, 11) is 7.09. The highest BCUT2D eigenvalue weighted by Gasteiger charge is 2.70. The van der Waals surface area contributed by atoms with Crippen LogP contribution in [0.3, 0.4) is 0 Å². The monoisotopic (exact) mass is 413 g/mol. The second-order valence-corrected chi connectivity index (χ2v) is 8.86. The fourth-order valence-electron chi connectivity index (χ4n) is 6.02. The molecule has 2 heterocycles. The van der Waals surface area contributed by atoms with E-state index >= 15 is 0 Å². The Labute approximate surface area is 175 Å². The smallest absolute Gasteiger partial charge is 0.233 e. The predicted octanol–water partition coefficient (Wildman–Crippen LogP) is 1.24. The fraction of sp³-hybridized carbons (Fsp3) is 0.591. The molecular formula is C22H27N3O5. The highest BCUT2D eigenvalue weighted by molar-refractivity contribution is 6.10. The van der Waals surface area contributed by atoms with Crippen molar-refractivity contribution in [3.63, 3.8) is 0 Å². The number of benzene rings is 1. The Kier molecular flexibility index (Phi) is 4.50. The van der Waals surface area contributed by atoms with Crippen LogP contribution in [0.4, 0.5) is 0 Å². The number of rotatable bonds is 6. The normalized spacial score (nSPS) is 33.6. The summed E-state index contributed by atoms with van der Waals surface area (Å²) in [5.41, 5.74) is 1.63. The number of para-hydroxylation sites is 1. The molecule has 0 radical (unpaired) electrons. The molecule has 5 rings (SSSR count). The number of nitrogens with zero attached hydrogens (tertiary/aromatic N) is 3. The van der Waals surface area contributed by atoms with E-state index in [1.54, 1.807) is 14.2 Å². The number of methoxy groups -OCH3 is 2. The molecule has 3 fully saturated rings. The number of hydrogen-bond acceptors (Lipinski definition) is 7. The van der Waals surface area contributed by atoms with Crippen molar-refractivity contribution in [2.75, 3.05) is 41.4 Å². The topological polar surface area (TPSA) is 80.7 Å². The maximum atomic E-state index is 13.2. The summed E-state index contributed by atoms with van der Waals surface area (Å²) >= 11 is 0. The van der Waals surface area contributed by atoms with Crippen molar-refractivity contribution in [2.45, 2.75) is 12.5 Å². The molecule has 8 nitrogen and oxygen atoms in total. The fourth-order valence-corrected chi connectivity index (χ4v) is 6.02. The number of oxime groups is 1. The summed E-state index contributed by atoms with van der Waals surface area (Å²) in [5.74, 6) is 0.722. The van der Waals surface area contributed by atoms with Crippen molar-refractivity contribution in [1.29, 1.82) is 0 Å². The number of fused-ring (bicyclic) bond motifs is 8. The van der Waals surface area contributed by atoms with Gasteiger partial charge in [-0.05, 0) is 38.6 Å². The van der Waals surface area contributed by atoms with E-state index in [9.17, 15) is 9.59 Å². The average molecular weight is 413 g/mol. The van der Waals surface area contributed by atoms with Crippen LogP contribution in [0.25, 0.3) is 0 Å². The van der Waals surface area contributed by atoms with Crippen LogP contribution in [0.5, 0.6) is 11.5 Å². The van der Waals surface area contributed by atoms with Gasteiger partial charge in [0, 0.05) is 30.5 Å². The molecule has 4 aliphatic rings. The molecule has 2 bridgehead atoms. The molecule has 8 heteroatoms. The van der Waals surface area contributed by atoms with Gasteiger partial charge in [0.1, 0.15) is 6.10 Å². The lowest BCUT2D eigenvalue weighted by Crippen LogP contribution is -2.41. The Morgan fingerprint density at radius 1 is 1.10 bits per heavy atom. The molecule has 0 unspecified atom stereocenters. The van der Waals surface area contributed by atoms with Crippen molar-refractivity contribution in [1.82, 2.24) is 9.80 Å². The van der Waals surface area contributed by atoms with E-state index in [1.807, 2.05) is 37.2 Å². The van der Waals surface area contributed by atoms with Crippen LogP contribution in [0, 0.1) is 29.6 Å². The van der Waals surface area contributed by atoms with Crippen LogP contribution in [-0.4, -0.2) is 74.8 Å². The van der Waals surface area contributed by atoms with Crippen LogP contribution in [0.2, 0.25) is 0 Å².